The van der Waals surface area contributed by atoms with Crippen molar-refractivity contribution < 1.29 is 9.53 Å². The zero-order valence-electron chi connectivity index (χ0n) is 15.7. The number of nitrogens with one attached hydrogen (secondary N) is 1. The van der Waals surface area contributed by atoms with Crippen molar-refractivity contribution in [1.29, 1.82) is 0 Å². The van der Waals surface area contributed by atoms with Gasteiger partial charge < -0.3 is 10.1 Å². The molecule has 0 aliphatic carbocycles. The summed E-state index contributed by atoms with van der Waals surface area (Å²) in [4.78, 5) is 20.9. The molecule has 1 N–H and O–H groups in total. The summed E-state index contributed by atoms with van der Waals surface area (Å²) in [5, 5.41) is 5.64. The molecule has 6 heteroatoms. The van der Waals surface area contributed by atoms with E-state index in [2.05, 4.69) is 29.1 Å². The maximum atomic E-state index is 12.2. The highest BCUT2D eigenvalue weighted by Gasteiger charge is 2.09. The van der Waals surface area contributed by atoms with Crippen LogP contribution in [-0.2, 0) is 17.8 Å². The first-order valence-electron chi connectivity index (χ1n) is 8.88. The van der Waals surface area contributed by atoms with Crippen molar-refractivity contribution >= 4 is 22.9 Å². The minimum Gasteiger partial charge on any atom is -0.485 e. The molecule has 0 unspecified atom stereocenters. The number of carbonyl (C=O) groups is 1. The maximum absolute atomic E-state index is 12.2. The number of rotatable bonds is 7. The molecule has 1 amide bonds. The first-order valence-corrected chi connectivity index (χ1v) is 9.76. The summed E-state index contributed by atoms with van der Waals surface area (Å²) in [5.41, 5.74) is 3.75. The molecule has 3 rings (SSSR count). The van der Waals surface area contributed by atoms with Crippen molar-refractivity contribution in [3.8, 4) is 5.75 Å². The number of aryl methyl sites for hydroxylation is 1. The fourth-order valence-electron chi connectivity index (χ4n) is 2.50. The van der Waals surface area contributed by atoms with E-state index in [1.54, 1.807) is 6.20 Å². The van der Waals surface area contributed by atoms with E-state index in [4.69, 9.17) is 4.74 Å². The lowest BCUT2D eigenvalue weighted by atomic mass is 10.0. The highest BCUT2D eigenvalue weighted by atomic mass is 32.1. The summed E-state index contributed by atoms with van der Waals surface area (Å²) in [6.07, 6.45) is 1.94. The van der Waals surface area contributed by atoms with Crippen molar-refractivity contribution in [3.05, 3.63) is 69.9 Å². The third-order valence-corrected chi connectivity index (χ3v) is 4.92. The van der Waals surface area contributed by atoms with Gasteiger partial charge in [0.15, 0.2) is 0 Å². The van der Waals surface area contributed by atoms with Gasteiger partial charge in [-0.25, -0.2) is 4.98 Å². The van der Waals surface area contributed by atoms with Gasteiger partial charge in [-0.3, -0.25) is 9.78 Å². The smallest absolute Gasteiger partial charge is 0.230 e. The molecule has 0 saturated carbocycles. The highest BCUT2D eigenvalue weighted by Crippen LogP contribution is 2.18. The number of amides is 1. The third-order valence-electron chi connectivity index (χ3n) is 4.05. The summed E-state index contributed by atoms with van der Waals surface area (Å²) in [6.45, 7) is 6.59. The van der Waals surface area contributed by atoms with Crippen LogP contribution in [0.25, 0.3) is 0 Å². The van der Waals surface area contributed by atoms with Gasteiger partial charge in [0.25, 0.3) is 0 Å². The number of benzene rings is 1. The molecule has 0 atom stereocenters. The Morgan fingerprint density at radius 1 is 1.19 bits per heavy atom. The Labute approximate surface area is 163 Å². The molecule has 0 spiro atoms. The summed E-state index contributed by atoms with van der Waals surface area (Å²) < 4.78 is 5.68. The van der Waals surface area contributed by atoms with E-state index in [0.717, 1.165) is 22.1 Å². The summed E-state index contributed by atoms with van der Waals surface area (Å²) in [6, 6.07) is 11.7. The number of pyridine rings is 1. The number of carbonyl (C=O) groups excluding carboxylic acids is 1. The number of thiazole rings is 1. The molecule has 0 aliphatic rings. The number of aromatic nitrogens is 2. The van der Waals surface area contributed by atoms with E-state index < -0.39 is 0 Å². The second-order valence-electron chi connectivity index (χ2n) is 6.66. The van der Waals surface area contributed by atoms with Crippen LogP contribution in [0.15, 0.2) is 48.0 Å². The van der Waals surface area contributed by atoms with Crippen LogP contribution in [0, 0.1) is 6.92 Å². The normalized spacial score (nSPS) is 10.8. The summed E-state index contributed by atoms with van der Waals surface area (Å²) >= 11 is 1.49. The van der Waals surface area contributed by atoms with E-state index in [9.17, 15) is 4.79 Å². The summed E-state index contributed by atoms with van der Waals surface area (Å²) in [7, 11) is 0. The van der Waals surface area contributed by atoms with Crippen LogP contribution < -0.4 is 10.1 Å². The lowest BCUT2D eigenvalue weighted by Crippen LogP contribution is -2.14. The van der Waals surface area contributed by atoms with Gasteiger partial charge in [-0.1, -0.05) is 26.0 Å². The first kappa shape index (κ1) is 19.0. The van der Waals surface area contributed by atoms with Gasteiger partial charge in [0.2, 0.25) is 5.91 Å². The Bertz CT molecular complexity index is 887. The lowest BCUT2D eigenvalue weighted by Gasteiger charge is -2.08. The Hall–Kier alpha value is -2.73. The topological polar surface area (TPSA) is 64.1 Å². The number of ether oxygens (including phenoxy) is 1. The predicted molar refractivity (Wildman–Crippen MR) is 108 cm³/mol. The number of anilines is 1. The van der Waals surface area contributed by atoms with Crippen molar-refractivity contribution in [1.82, 2.24) is 9.97 Å². The molecule has 0 aliphatic heterocycles. The lowest BCUT2D eigenvalue weighted by molar-refractivity contribution is -0.115. The summed E-state index contributed by atoms with van der Waals surface area (Å²) in [5.74, 6) is 1.11. The van der Waals surface area contributed by atoms with Gasteiger partial charge in [-0.2, -0.15) is 0 Å². The van der Waals surface area contributed by atoms with E-state index in [0.29, 0.717) is 18.3 Å². The number of nitrogens with zero attached hydrogens (tertiary/aromatic N) is 2. The van der Waals surface area contributed by atoms with Gasteiger partial charge in [0.05, 0.1) is 18.3 Å². The Morgan fingerprint density at radius 2 is 1.96 bits per heavy atom. The highest BCUT2D eigenvalue weighted by molar-refractivity contribution is 7.09. The van der Waals surface area contributed by atoms with E-state index in [-0.39, 0.29) is 12.3 Å². The van der Waals surface area contributed by atoms with E-state index >= 15 is 0 Å². The second-order valence-corrected chi connectivity index (χ2v) is 7.60. The molecular formula is C21H23N3O2S. The number of hydrogen-bond donors (Lipinski definition) is 1. The molecule has 2 heterocycles. The zero-order valence-corrected chi connectivity index (χ0v) is 16.5. The maximum Gasteiger partial charge on any atom is 0.230 e. The number of hydrogen-bond acceptors (Lipinski definition) is 5. The van der Waals surface area contributed by atoms with Gasteiger partial charge >= 0.3 is 0 Å². The van der Waals surface area contributed by atoms with Gasteiger partial charge in [-0.05, 0) is 42.7 Å². The molecule has 3 aromatic rings. The molecule has 2 aromatic heterocycles. The largest absolute Gasteiger partial charge is 0.485 e. The molecular weight excluding hydrogens is 358 g/mol. The quantitative estimate of drug-likeness (QED) is 0.643. The third kappa shape index (κ3) is 5.62. The van der Waals surface area contributed by atoms with Gasteiger partial charge in [0.1, 0.15) is 17.4 Å². The molecule has 140 valence electrons. The molecule has 0 bridgehead atoms. The van der Waals surface area contributed by atoms with Crippen LogP contribution >= 0.6 is 11.3 Å². The van der Waals surface area contributed by atoms with Crippen LogP contribution in [0.1, 0.15) is 41.7 Å². The monoisotopic (exact) mass is 381 g/mol. The van der Waals surface area contributed by atoms with Crippen LogP contribution in [0.4, 0.5) is 5.69 Å². The van der Waals surface area contributed by atoms with Crippen LogP contribution in [0.5, 0.6) is 5.75 Å². The average molecular weight is 382 g/mol. The second kappa shape index (κ2) is 8.77. The van der Waals surface area contributed by atoms with Crippen molar-refractivity contribution in [2.75, 3.05) is 5.32 Å². The van der Waals surface area contributed by atoms with Crippen LogP contribution in [0.3, 0.4) is 0 Å². The average Bonchev–Trinajstić information content (AvgIpc) is 3.09. The predicted octanol–water partition coefficient (Wildman–Crippen LogP) is 4.73. The van der Waals surface area contributed by atoms with Crippen molar-refractivity contribution in [3.63, 3.8) is 0 Å². The molecule has 1 aromatic carbocycles. The van der Waals surface area contributed by atoms with Crippen molar-refractivity contribution in [2.24, 2.45) is 0 Å². The Kier molecular flexibility index (Phi) is 6.19. The van der Waals surface area contributed by atoms with Gasteiger partial charge in [-0.15, -0.1) is 11.3 Å². The van der Waals surface area contributed by atoms with Crippen LogP contribution in [0.2, 0.25) is 0 Å². The first-order chi connectivity index (χ1) is 13.0. The van der Waals surface area contributed by atoms with E-state index in [1.807, 2.05) is 48.7 Å². The molecule has 0 radical (unpaired) electrons. The standard InChI is InChI=1S/C21H23N3O2S/c1-14(2)16-5-7-17(8-6-16)23-20(25)10-18-13-27-21(24-18)12-26-19-9-4-15(3)22-11-19/h4-9,11,13-14H,10,12H2,1-3H3,(H,23,25). The van der Waals surface area contributed by atoms with E-state index in [1.165, 1.54) is 16.9 Å². The molecule has 0 saturated heterocycles. The fraction of sp³-hybridized carbons (Fsp3) is 0.286. The molecule has 0 fully saturated rings. The minimum atomic E-state index is -0.0761. The minimum absolute atomic E-state index is 0.0761. The van der Waals surface area contributed by atoms with Crippen LogP contribution in [-0.4, -0.2) is 15.9 Å². The molecule has 5 nitrogen and oxygen atoms in total. The van der Waals surface area contributed by atoms with Gasteiger partial charge in [0, 0.05) is 16.8 Å². The Morgan fingerprint density at radius 3 is 2.63 bits per heavy atom. The Balaban J connectivity index is 1.50. The fourth-order valence-corrected chi connectivity index (χ4v) is 3.21. The van der Waals surface area contributed by atoms with Crippen molar-refractivity contribution in [2.45, 2.75) is 39.7 Å². The zero-order chi connectivity index (χ0) is 19.2. The molecule has 27 heavy (non-hydrogen) atoms. The SMILES string of the molecule is Cc1ccc(OCc2nc(CC(=O)Nc3ccc(C(C)C)cc3)cs2)cn1.